The highest BCUT2D eigenvalue weighted by Crippen LogP contribution is 2.20. The molecule has 22 heteroatoms. The first-order chi connectivity index (χ1) is 30.8. The largest absolute Gasteiger partial charge is 0.459 e. The monoisotopic (exact) mass is 910 g/mol. The fourth-order valence-electron chi connectivity index (χ4n) is 6.42. The number of nitrogens with two attached hydrogens (primary N) is 1. The molecule has 2 aromatic carbocycles. The fraction of sp³-hybridized carbons (Fsp3) is 0.535. The Hall–Kier alpha value is -7.00. The number of likely N-dealkylation sites (tertiary alicyclic amines) is 1. The number of ether oxygens (including phenoxy) is 3. The zero-order valence-electron chi connectivity index (χ0n) is 37.5. The number of nitrogens with zero attached hydrogens (tertiary/aromatic N) is 3. The summed E-state index contributed by atoms with van der Waals surface area (Å²) in [7, 11) is 0. The van der Waals surface area contributed by atoms with Crippen LogP contribution in [0.25, 0.3) is 0 Å². The van der Waals surface area contributed by atoms with Gasteiger partial charge in [0.15, 0.2) is 5.03 Å². The van der Waals surface area contributed by atoms with Gasteiger partial charge in [0.1, 0.15) is 49.0 Å². The van der Waals surface area contributed by atoms with Crippen LogP contribution in [0.4, 0.5) is 9.59 Å². The molecule has 1 saturated heterocycles. The van der Waals surface area contributed by atoms with E-state index >= 15 is 0 Å². The van der Waals surface area contributed by atoms with Crippen molar-refractivity contribution in [2.45, 2.75) is 129 Å². The van der Waals surface area contributed by atoms with Gasteiger partial charge in [0.2, 0.25) is 23.6 Å². The second kappa shape index (κ2) is 26.6. The number of rotatable bonds is 23. The Morgan fingerprint density at radius 2 is 1.37 bits per heavy atom. The van der Waals surface area contributed by atoms with Crippen molar-refractivity contribution < 1.29 is 52.8 Å². The zero-order chi connectivity index (χ0) is 47.9. The third kappa shape index (κ3) is 19.9. The van der Waals surface area contributed by atoms with Gasteiger partial charge in [-0.1, -0.05) is 66.1 Å². The lowest BCUT2D eigenvalue weighted by Gasteiger charge is -2.30. The molecule has 3 rings (SSSR count). The van der Waals surface area contributed by atoms with E-state index in [1.807, 2.05) is 36.4 Å². The maximum Gasteiger partial charge on any atom is 0.408 e. The summed E-state index contributed by atoms with van der Waals surface area (Å²) in [5.41, 5.74) is 7.94. The zero-order valence-corrected chi connectivity index (χ0v) is 37.5. The van der Waals surface area contributed by atoms with Gasteiger partial charge in [-0.25, -0.2) is 29.5 Å². The van der Waals surface area contributed by atoms with E-state index in [-0.39, 0.29) is 58.5 Å². The number of hydrazine groups is 1. The number of hydrogen-bond acceptors (Lipinski definition) is 13. The average Bonchev–Trinajstić information content (AvgIpc) is 3.75. The van der Waals surface area contributed by atoms with Crippen LogP contribution in [-0.4, -0.2) is 113 Å². The molecular formula is C43H62N10O12. The molecular weight excluding hydrogens is 849 g/mol. The number of aliphatic imine (C=N–C) groups is 1. The number of benzene rings is 2. The molecule has 0 aromatic heterocycles. The molecule has 1 fully saturated rings. The number of nitro groups is 1. The molecule has 0 radical (unpaired) electrons. The van der Waals surface area contributed by atoms with Crippen LogP contribution < -0.4 is 37.7 Å². The Morgan fingerprint density at radius 3 is 1.97 bits per heavy atom. The van der Waals surface area contributed by atoms with Crippen LogP contribution in [0.15, 0.2) is 65.7 Å². The maximum absolute atomic E-state index is 14.1. The number of nitrogens with one attached hydrogen (secondary N) is 6. The number of alkyl carbamates (subject to hydrolysis) is 2. The van der Waals surface area contributed by atoms with E-state index in [9.17, 15) is 43.7 Å². The lowest BCUT2D eigenvalue weighted by molar-refractivity contribution is -0.525. The molecule has 5 atom stereocenters. The summed E-state index contributed by atoms with van der Waals surface area (Å²) in [5, 5.41) is 22.8. The fourth-order valence-corrected chi connectivity index (χ4v) is 6.42. The van der Waals surface area contributed by atoms with Crippen molar-refractivity contribution in [2.24, 2.45) is 10.7 Å². The van der Waals surface area contributed by atoms with Crippen LogP contribution in [0.5, 0.6) is 0 Å². The van der Waals surface area contributed by atoms with Crippen molar-refractivity contribution in [1.29, 1.82) is 0 Å². The quantitative estimate of drug-likeness (QED) is 0.0160. The van der Waals surface area contributed by atoms with Crippen LogP contribution >= 0.6 is 0 Å². The number of hydrogen-bond donors (Lipinski definition) is 7. The van der Waals surface area contributed by atoms with Crippen molar-refractivity contribution in [3.8, 4) is 0 Å². The Balaban J connectivity index is 1.64. The van der Waals surface area contributed by atoms with E-state index in [0.29, 0.717) is 19.3 Å². The molecule has 0 aliphatic carbocycles. The first kappa shape index (κ1) is 52.3. The number of carbonyl (C=O) groups excluding carboxylic acids is 7. The number of amides is 6. The maximum atomic E-state index is 14.1. The smallest absolute Gasteiger partial charge is 0.408 e. The summed E-state index contributed by atoms with van der Waals surface area (Å²) < 4.78 is 16.0. The molecule has 1 aliphatic rings. The normalized spacial score (nSPS) is 15.5. The molecule has 0 bridgehead atoms. The number of guanidine groups is 1. The first-order valence-corrected chi connectivity index (χ1v) is 21.4. The SMILES string of the molecule is C[C@H](NC(=O)OC(C)(C)C)C(=O)N[C@@H](CCCN=C(N)N[N+](=O)[O-])C(=O)N1CCC[C@H]1C(=O)N[C@@H](C)C(=O)N[C@@H](CCCCNC(=O)OCc1ccccc1)C(=O)OCc1ccccc1. The third-order valence-electron chi connectivity index (χ3n) is 9.70. The molecule has 8 N–H and O–H groups in total. The van der Waals surface area contributed by atoms with Gasteiger partial charge in [0.05, 0.1) is 0 Å². The van der Waals surface area contributed by atoms with Crippen molar-refractivity contribution in [2.75, 3.05) is 19.6 Å². The van der Waals surface area contributed by atoms with Crippen LogP contribution in [0.2, 0.25) is 0 Å². The summed E-state index contributed by atoms with van der Waals surface area (Å²) >= 11 is 0. The van der Waals surface area contributed by atoms with Gasteiger partial charge in [-0.2, -0.15) is 0 Å². The van der Waals surface area contributed by atoms with Gasteiger partial charge < -0.3 is 51.4 Å². The van der Waals surface area contributed by atoms with Crippen LogP contribution in [-0.2, 0) is 51.4 Å². The topological polar surface area (TPSA) is 304 Å². The van der Waals surface area contributed by atoms with Gasteiger partial charge in [0, 0.05) is 19.6 Å². The van der Waals surface area contributed by atoms with E-state index in [2.05, 4.69) is 31.6 Å². The summed E-state index contributed by atoms with van der Waals surface area (Å²) in [6.07, 6.45) is 0.277. The molecule has 0 spiro atoms. The molecule has 22 nitrogen and oxygen atoms in total. The Kier molecular flexibility index (Phi) is 21.4. The predicted octanol–water partition coefficient (Wildman–Crippen LogP) is 2.08. The van der Waals surface area contributed by atoms with E-state index in [1.165, 1.54) is 18.7 Å². The minimum atomic E-state index is -1.22. The second-order valence-electron chi connectivity index (χ2n) is 16.3. The minimum absolute atomic E-state index is 0.0290. The summed E-state index contributed by atoms with van der Waals surface area (Å²) in [6, 6.07) is 12.5. The van der Waals surface area contributed by atoms with Gasteiger partial charge in [-0.15, -0.1) is 0 Å². The van der Waals surface area contributed by atoms with Gasteiger partial charge in [0.25, 0.3) is 5.96 Å². The minimum Gasteiger partial charge on any atom is -0.459 e. The van der Waals surface area contributed by atoms with Gasteiger partial charge in [-0.05, 0) is 90.7 Å². The molecule has 1 heterocycles. The summed E-state index contributed by atoms with van der Waals surface area (Å²) in [5.74, 6) is -3.87. The predicted molar refractivity (Wildman–Crippen MR) is 236 cm³/mol. The Bertz CT molecular complexity index is 1950. The highest BCUT2D eigenvalue weighted by Gasteiger charge is 2.39. The van der Waals surface area contributed by atoms with Crippen LogP contribution in [0, 0.1) is 10.1 Å². The van der Waals surface area contributed by atoms with E-state index in [0.717, 1.165) is 11.1 Å². The molecule has 0 saturated carbocycles. The number of carbonyl (C=O) groups is 7. The lowest BCUT2D eigenvalue weighted by Crippen LogP contribution is -2.58. The summed E-state index contributed by atoms with van der Waals surface area (Å²) in [6.45, 7) is 8.16. The number of unbranched alkanes of at least 4 members (excludes halogenated alkanes) is 1. The van der Waals surface area contributed by atoms with Gasteiger partial charge >= 0.3 is 18.2 Å². The van der Waals surface area contributed by atoms with Crippen LogP contribution in [0.1, 0.15) is 90.7 Å². The average molecular weight is 911 g/mol. The van der Waals surface area contributed by atoms with Crippen LogP contribution in [0.3, 0.4) is 0 Å². The molecule has 356 valence electrons. The first-order valence-electron chi connectivity index (χ1n) is 21.4. The third-order valence-corrected chi connectivity index (χ3v) is 9.70. The molecule has 0 unspecified atom stereocenters. The van der Waals surface area contributed by atoms with Crippen molar-refractivity contribution in [3.05, 3.63) is 81.9 Å². The van der Waals surface area contributed by atoms with E-state index in [1.54, 1.807) is 50.5 Å². The standard InChI is InChI=1S/C43H62N10O12/c1-28(35(54)50-33(39(58)63-26-30-16-8-6-9-17-30)20-12-13-23-46-41(59)64-27-31-18-10-7-11-19-31)47-37(56)34-22-15-25-52(34)38(57)32(21-14-24-45-40(44)51-53(61)62)49-36(55)29(2)48-42(60)65-43(3,4)5/h6-11,16-19,28-29,32-34H,12-15,20-27H2,1-5H3,(H,46,59)(H,47,56)(H,48,60)(H,49,55)(H,50,54)(H3,44,45,51)/t28-,29-,32-,33-,34-/m0/s1. The second-order valence-corrected chi connectivity index (χ2v) is 16.3. The lowest BCUT2D eigenvalue weighted by atomic mass is 10.1. The van der Waals surface area contributed by atoms with Crippen molar-refractivity contribution in [3.63, 3.8) is 0 Å². The molecule has 1 aliphatic heterocycles. The molecule has 65 heavy (non-hydrogen) atoms. The Labute approximate surface area is 377 Å². The van der Waals surface area contributed by atoms with Gasteiger partial charge in [-0.3, -0.25) is 19.2 Å². The van der Waals surface area contributed by atoms with Crippen molar-refractivity contribution in [1.82, 2.24) is 36.9 Å². The summed E-state index contributed by atoms with van der Waals surface area (Å²) in [4.78, 5) is 108. The highest BCUT2D eigenvalue weighted by molar-refractivity contribution is 5.96. The molecule has 2 aromatic rings. The number of esters is 1. The van der Waals surface area contributed by atoms with E-state index in [4.69, 9.17) is 19.9 Å². The highest BCUT2D eigenvalue weighted by atomic mass is 16.7. The van der Waals surface area contributed by atoms with E-state index < -0.39 is 88.6 Å². The molecule has 6 amide bonds. The Morgan fingerprint density at radius 1 is 0.800 bits per heavy atom. The van der Waals surface area contributed by atoms with Crippen molar-refractivity contribution >= 4 is 47.7 Å².